The molecule has 0 bridgehead atoms. The van der Waals surface area contributed by atoms with Crippen LogP contribution in [0.25, 0.3) is 0 Å². The Balaban J connectivity index is 1.97. The van der Waals surface area contributed by atoms with Crippen molar-refractivity contribution in [3.05, 3.63) is 52.9 Å². The van der Waals surface area contributed by atoms with Crippen LogP contribution in [0.15, 0.2) is 41.7 Å². The van der Waals surface area contributed by atoms with Crippen LogP contribution < -0.4 is 5.19 Å². The van der Waals surface area contributed by atoms with Gasteiger partial charge in [-0.25, -0.2) is 0 Å². The summed E-state index contributed by atoms with van der Waals surface area (Å²) in [5, 5.41) is 3.15. The van der Waals surface area contributed by atoms with Crippen molar-refractivity contribution in [3.8, 4) is 0 Å². The monoisotopic (exact) mass is 313 g/mol. The van der Waals surface area contributed by atoms with Crippen molar-refractivity contribution < 1.29 is 0 Å². The third-order valence-corrected chi connectivity index (χ3v) is 8.74. The Hall–Kier alpha value is -1.07. The van der Waals surface area contributed by atoms with E-state index in [1.54, 1.807) is 10.4 Å². The highest BCUT2D eigenvalue weighted by atomic mass is 28.3. The van der Waals surface area contributed by atoms with Gasteiger partial charge in [0, 0.05) is 6.54 Å². The summed E-state index contributed by atoms with van der Waals surface area (Å²) in [5.41, 5.74) is 3.05. The lowest BCUT2D eigenvalue weighted by atomic mass is 10.0. The minimum atomic E-state index is -1.23. The van der Waals surface area contributed by atoms with Crippen molar-refractivity contribution in [2.24, 2.45) is 0 Å². The van der Waals surface area contributed by atoms with E-state index in [1.807, 2.05) is 0 Å². The Labute approximate surface area is 131 Å². The standard InChI is InChI=1S/C18H27NSi2/c1-20(2,3)15-8-7-14-12-19-13-16(21(4,5)6)9-10-18(19)17(14)11-15/h7-11,13,18H,12H2,1-6H3. The van der Waals surface area contributed by atoms with Crippen LogP contribution in [0, 0.1) is 0 Å². The summed E-state index contributed by atoms with van der Waals surface area (Å²) in [6.07, 6.45) is 7.25. The largest absolute Gasteiger partial charge is 0.363 e. The van der Waals surface area contributed by atoms with E-state index in [4.69, 9.17) is 0 Å². The van der Waals surface area contributed by atoms with Gasteiger partial charge in [0.2, 0.25) is 0 Å². The molecule has 0 saturated carbocycles. The lowest BCUT2D eigenvalue weighted by molar-refractivity contribution is 0.348. The number of hydrogen-bond donors (Lipinski definition) is 0. The van der Waals surface area contributed by atoms with Crippen LogP contribution >= 0.6 is 0 Å². The van der Waals surface area contributed by atoms with Crippen LogP contribution in [0.5, 0.6) is 0 Å². The zero-order valence-corrected chi connectivity index (χ0v) is 16.2. The summed E-state index contributed by atoms with van der Waals surface area (Å²) in [7, 11) is -2.45. The van der Waals surface area contributed by atoms with Gasteiger partial charge in [-0.2, -0.15) is 0 Å². The first-order valence-electron chi connectivity index (χ1n) is 7.96. The topological polar surface area (TPSA) is 3.24 Å². The van der Waals surface area contributed by atoms with E-state index in [-0.39, 0.29) is 0 Å². The molecule has 1 aromatic carbocycles. The molecule has 0 aromatic heterocycles. The molecule has 1 unspecified atom stereocenters. The van der Waals surface area contributed by atoms with Crippen molar-refractivity contribution in [2.45, 2.75) is 51.9 Å². The second-order valence-corrected chi connectivity index (χ2v) is 18.6. The third kappa shape index (κ3) is 2.69. The van der Waals surface area contributed by atoms with Gasteiger partial charge in [0.15, 0.2) is 0 Å². The van der Waals surface area contributed by atoms with Gasteiger partial charge >= 0.3 is 0 Å². The molecule has 21 heavy (non-hydrogen) atoms. The average Bonchev–Trinajstić information content (AvgIpc) is 2.73. The van der Waals surface area contributed by atoms with E-state index in [2.05, 4.69) is 80.7 Å². The summed E-state index contributed by atoms with van der Waals surface area (Å²) in [6, 6.07) is 7.70. The Morgan fingerprint density at radius 3 is 2.33 bits per heavy atom. The maximum absolute atomic E-state index is 2.53. The van der Waals surface area contributed by atoms with E-state index in [0.717, 1.165) is 6.54 Å². The van der Waals surface area contributed by atoms with Gasteiger partial charge < -0.3 is 4.90 Å². The van der Waals surface area contributed by atoms with Gasteiger partial charge in [-0.3, -0.25) is 0 Å². The molecule has 0 aliphatic carbocycles. The van der Waals surface area contributed by atoms with Crippen molar-refractivity contribution in [1.29, 1.82) is 0 Å². The maximum atomic E-state index is 2.53. The number of nitrogens with zero attached hydrogens (tertiary/aromatic N) is 1. The average molecular weight is 314 g/mol. The van der Waals surface area contributed by atoms with Gasteiger partial charge in [0.1, 0.15) is 0 Å². The second-order valence-electron chi connectivity index (χ2n) is 8.47. The third-order valence-electron chi connectivity index (χ3n) is 4.67. The number of hydrogen-bond acceptors (Lipinski definition) is 1. The van der Waals surface area contributed by atoms with Crippen LogP contribution in [0.3, 0.4) is 0 Å². The van der Waals surface area contributed by atoms with E-state index < -0.39 is 16.1 Å². The molecule has 0 saturated heterocycles. The number of benzene rings is 1. The molecule has 1 atom stereocenters. The number of rotatable bonds is 2. The Kier molecular flexibility index (Phi) is 3.34. The molecule has 0 N–H and O–H groups in total. The quantitative estimate of drug-likeness (QED) is 0.731. The smallest absolute Gasteiger partial charge is 0.0794 e. The van der Waals surface area contributed by atoms with E-state index >= 15 is 0 Å². The maximum Gasteiger partial charge on any atom is 0.0794 e. The summed E-state index contributed by atoms with van der Waals surface area (Å²) in [6.45, 7) is 15.6. The highest BCUT2D eigenvalue weighted by molar-refractivity contribution is 6.88. The van der Waals surface area contributed by atoms with Crippen molar-refractivity contribution in [2.75, 3.05) is 0 Å². The Morgan fingerprint density at radius 1 is 1.00 bits per heavy atom. The van der Waals surface area contributed by atoms with Gasteiger partial charge in [-0.1, -0.05) is 74.8 Å². The van der Waals surface area contributed by atoms with Crippen molar-refractivity contribution in [3.63, 3.8) is 0 Å². The summed E-state index contributed by atoms with van der Waals surface area (Å²) in [4.78, 5) is 2.53. The zero-order valence-electron chi connectivity index (χ0n) is 14.2. The summed E-state index contributed by atoms with van der Waals surface area (Å²) >= 11 is 0. The molecule has 3 heteroatoms. The van der Waals surface area contributed by atoms with Crippen LogP contribution in [0.1, 0.15) is 17.2 Å². The highest BCUT2D eigenvalue weighted by Gasteiger charge is 2.32. The molecular weight excluding hydrogens is 286 g/mol. The van der Waals surface area contributed by atoms with E-state index in [9.17, 15) is 0 Å². The van der Waals surface area contributed by atoms with Gasteiger partial charge in [0.25, 0.3) is 0 Å². The van der Waals surface area contributed by atoms with Gasteiger partial charge in [0.05, 0.1) is 22.2 Å². The second kappa shape index (κ2) is 4.72. The molecule has 3 rings (SSSR count). The molecule has 2 aliphatic rings. The van der Waals surface area contributed by atoms with Crippen molar-refractivity contribution in [1.82, 2.24) is 4.90 Å². The molecule has 1 nitrogen and oxygen atoms in total. The summed E-state index contributed by atoms with van der Waals surface area (Å²) in [5.74, 6) is 0. The predicted octanol–water partition coefficient (Wildman–Crippen LogP) is 4.42. The SMILES string of the molecule is C[Si](C)(C)C1=CN2Cc3ccc([Si](C)(C)C)cc3C2C=C1. The molecule has 0 spiro atoms. The normalized spacial score (nSPS) is 21.1. The Morgan fingerprint density at radius 2 is 1.71 bits per heavy atom. The molecule has 1 aromatic rings. The molecule has 2 heterocycles. The lowest BCUT2D eigenvalue weighted by Crippen LogP contribution is -2.37. The fourth-order valence-electron chi connectivity index (χ4n) is 3.15. The van der Waals surface area contributed by atoms with Crippen LogP contribution in [-0.2, 0) is 6.54 Å². The Bertz CT molecular complexity index is 630. The van der Waals surface area contributed by atoms with Crippen LogP contribution in [0.2, 0.25) is 39.3 Å². The van der Waals surface area contributed by atoms with Crippen LogP contribution in [0.4, 0.5) is 0 Å². The van der Waals surface area contributed by atoms with E-state index in [1.165, 1.54) is 11.1 Å². The van der Waals surface area contributed by atoms with Crippen molar-refractivity contribution >= 4 is 21.3 Å². The first-order chi connectivity index (χ1) is 9.66. The molecule has 112 valence electrons. The molecule has 0 radical (unpaired) electrons. The fourth-order valence-corrected chi connectivity index (χ4v) is 5.48. The highest BCUT2D eigenvalue weighted by Crippen LogP contribution is 2.38. The molecule has 0 fully saturated rings. The first kappa shape index (κ1) is 14.9. The molecule has 2 aliphatic heterocycles. The minimum Gasteiger partial charge on any atom is -0.363 e. The molecular formula is C18H27NSi2. The lowest BCUT2D eigenvalue weighted by Gasteiger charge is -2.30. The van der Waals surface area contributed by atoms with Gasteiger partial charge in [-0.15, -0.1) is 0 Å². The van der Waals surface area contributed by atoms with Crippen LogP contribution in [-0.4, -0.2) is 21.0 Å². The van der Waals surface area contributed by atoms with E-state index in [0.29, 0.717) is 6.04 Å². The number of allylic oxidation sites excluding steroid dienone is 2. The molecule has 0 amide bonds. The first-order valence-corrected chi connectivity index (χ1v) is 15.0. The minimum absolute atomic E-state index is 0.469. The zero-order chi connectivity index (χ0) is 15.4. The predicted molar refractivity (Wildman–Crippen MR) is 98.3 cm³/mol. The number of fused-ring (bicyclic) bond motifs is 3. The van der Waals surface area contributed by atoms with Gasteiger partial charge in [-0.05, 0) is 22.5 Å². The summed E-state index contributed by atoms with van der Waals surface area (Å²) < 4.78 is 0. The fraction of sp³-hybridized carbons (Fsp3) is 0.444.